The summed E-state index contributed by atoms with van der Waals surface area (Å²) in [7, 11) is 1.56. The van der Waals surface area contributed by atoms with Crippen LogP contribution >= 0.6 is 11.3 Å². The highest BCUT2D eigenvalue weighted by molar-refractivity contribution is 7.12. The number of carbonyl (C=O) groups is 2. The van der Waals surface area contributed by atoms with Crippen LogP contribution in [0.2, 0.25) is 0 Å². The molecule has 2 rings (SSSR count). The number of carboxylic acids is 1. The smallest absolute Gasteiger partial charge is 0.312 e. The summed E-state index contributed by atoms with van der Waals surface area (Å²) in [4.78, 5) is 24.2. The number of nitrogens with one attached hydrogen (secondary N) is 1. The van der Waals surface area contributed by atoms with E-state index in [2.05, 4.69) is 5.32 Å². The second-order valence-corrected chi connectivity index (χ2v) is 5.64. The standard InChI is InChI=1S/C16H17NO4S/c1-21-10-12-7-8-22-14(12)15(18)17-9-13(16(19)20)11-5-3-2-4-6-11/h2-8,13H,9-10H2,1H3,(H,17,18)(H,19,20). The fourth-order valence-electron chi connectivity index (χ4n) is 2.11. The monoisotopic (exact) mass is 319 g/mol. The predicted molar refractivity (Wildman–Crippen MR) is 84.2 cm³/mol. The number of hydrogen-bond acceptors (Lipinski definition) is 4. The van der Waals surface area contributed by atoms with Crippen LogP contribution in [0.4, 0.5) is 0 Å². The molecule has 0 aliphatic rings. The molecular formula is C16H17NO4S. The number of carboxylic acid groups (broad SMARTS) is 1. The predicted octanol–water partition coefficient (Wildman–Crippen LogP) is 2.49. The van der Waals surface area contributed by atoms with Crippen LogP contribution in [0.25, 0.3) is 0 Å². The first kappa shape index (κ1) is 16.2. The van der Waals surface area contributed by atoms with Crippen molar-refractivity contribution >= 4 is 23.2 Å². The summed E-state index contributed by atoms with van der Waals surface area (Å²) < 4.78 is 5.04. The maximum Gasteiger partial charge on any atom is 0.312 e. The fraction of sp³-hybridized carbons (Fsp3) is 0.250. The van der Waals surface area contributed by atoms with Crippen molar-refractivity contribution in [3.63, 3.8) is 0 Å². The third-order valence-electron chi connectivity index (χ3n) is 3.22. The van der Waals surface area contributed by atoms with Crippen LogP contribution in [0.3, 0.4) is 0 Å². The molecule has 2 N–H and O–H groups in total. The van der Waals surface area contributed by atoms with Gasteiger partial charge in [-0.05, 0) is 17.0 Å². The van der Waals surface area contributed by atoms with Crippen molar-refractivity contribution in [2.45, 2.75) is 12.5 Å². The van der Waals surface area contributed by atoms with Gasteiger partial charge in [0.25, 0.3) is 5.91 Å². The van der Waals surface area contributed by atoms with Gasteiger partial charge < -0.3 is 15.2 Å². The zero-order valence-corrected chi connectivity index (χ0v) is 12.9. The summed E-state index contributed by atoms with van der Waals surface area (Å²) in [5.41, 5.74) is 1.47. The number of ether oxygens (including phenoxy) is 1. The van der Waals surface area contributed by atoms with Crippen LogP contribution in [-0.2, 0) is 16.1 Å². The lowest BCUT2D eigenvalue weighted by atomic mass is 9.99. The van der Waals surface area contributed by atoms with E-state index in [0.717, 1.165) is 5.56 Å². The maximum absolute atomic E-state index is 12.2. The number of benzene rings is 1. The molecule has 1 amide bonds. The van der Waals surface area contributed by atoms with Crippen molar-refractivity contribution in [2.24, 2.45) is 0 Å². The molecule has 0 saturated carbocycles. The Morgan fingerprint density at radius 3 is 2.64 bits per heavy atom. The van der Waals surface area contributed by atoms with E-state index in [1.807, 2.05) is 17.5 Å². The Balaban J connectivity index is 2.05. The molecule has 0 radical (unpaired) electrons. The van der Waals surface area contributed by atoms with Crippen molar-refractivity contribution < 1.29 is 19.4 Å². The first-order valence-corrected chi connectivity index (χ1v) is 7.62. The number of thiophene rings is 1. The number of carbonyl (C=O) groups excluding carboxylic acids is 1. The van der Waals surface area contributed by atoms with E-state index in [-0.39, 0.29) is 12.5 Å². The molecule has 1 unspecified atom stereocenters. The average Bonchev–Trinajstić information content (AvgIpc) is 2.97. The summed E-state index contributed by atoms with van der Waals surface area (Å²) in [6, 6.07) is 10.7. The number of amides is 1. The Morgan fingerprint density at radius 2 is 2.00 bits per heavy atom. The van der Waals surface area contributed by atoms with Crippen molar-refractivity contribution in [1.82, 2.24) is 5.32 Å². The van der Waals surface area contributed by atoms with Gasteiger partial charge in [-0.15, -0.1) is 11.3 Å². The van der Waals surface area contributed by atoms with Gasteiger partial charge in [0.05, 0.1) is 17.4 Å². The average molecular weight is 319 g/mol. The molecule has 5 nitrogen and oxygen atoms in total. The summed E-state index contributed by atoms with van der Waals surface area (Å²) >= 11 is 1.31. The Hall–Kier alpha value is -2.18. The second-order valence-electron chi connectivity index (χ2n) is 4.72. The van der Waals surface area contributed by atoms with Gasteiger partial charge in [0, 0.05) is 19.2 Å². The van der Waals surface area contributed by atoms with Gasteiger partial charge in [0.15, 0.2) is 0 Å². The Bertz CT molecular complexity index is 639. The molecule has 1 aromatic carbocycles. The van der Waals surface area contributed by atoms with Gasteiger partial charge in [-0.2, -0.15) is 0 Å². The van der Waals surface area contributed by atoms with Gasteiger partial charge >= 0.3 is 5.97 Å². The van der Waals surface area contributed by atoms with Gasteiger partial charge in [-0.3, -0.25) is 9.59 Å². The van der Waals surface area contributed by atoms with Gasteiger partial charge in [-0.1, -0.05) is 30.3 Å². The molecular weight excluding hydrogens is 302 g/mol. The first-order chi connectivity index (χ1) is 10.6. The van der Waals surface area contributed by atoms with E-state index < -0.39 is 11.9 Å². The van der Waals surface area contributed by atoms with Gasteiger partial charge in [-0.25, -0.2) is 0 Å². The molecule has 22 heavy (non-hydrogen) atoms. The van der Waals surface area contributed by atoms with Crippen LogP contribution < -0.4 is 5.32 Å². The maximum atomic E-state index is 12.2. The molecule has 0 spiro atoms. The number of methoxy groups -OCH3 is 1. The van der Waals surface area contributed by atoms with E-state index in [9.17, 15) is 14.7 Å². The normalized spacial score (nSPS) is 11.9. The number of aliphatic carboxylic acids is 1. The molecule has 0 bridgehead atoms. The zero-order chi connectivity index (χ0) is 15.9. The molecule has 0 aliphatic carbocycles. The SMILES string of the molecule is COCc1ccsc1C(=O)NCC(C(=O)O)c1ccccc1. The minimum absolute atomic E-state index is 0.0441. The van der Waals surface area contributed by atoms with E-state index in [1.54, 1.807) is 31.4 Å². The van der Waals surface area contributed by atoms with E-state index in [0.29, 0.717) is 17.0 Å². The molecule has 1 atom stereocenters. The third-order valence-corrected chi connectivity index (χ3v) is 4.18. The summed E-state index contributed by atoms with van der Waals surface area (Å²) in [6.07, 6.45) is 0. The van der Waals surface area contributed by atoms with Crippen molar-refractivity contribution in [1.29, 1.82) is 0 Å². The molecule has 1 heterocycles. The lowest BCUT2D eigenvalue weighted by Gasteiger charge is -2.14. The van der Waals surface area contributed by atoms with Crippen LogP contribution in [0, 0.1) is 0 Å². The Kier molecular flexibility index (Phi) is 5.68. The van der Waals surface area contributed by atoms with Crippen molar-refractivity contribution in [2.75, 3.05) is 13.7 Å². The lowest BCUT2D eigenvalue weighted by Crippen LogP contribution is -2.31. The van der Waals surface area contributed by atoms with Crippen LogP contribution in [0.1, 0.15) is 26.7 Å². The first-order valence-electron chi connectivity index (χ1n) is 6.74. The fourth-order valence-corrected chi connectivity index (χ4v) is 2.94. The summed E-state index contributed by atoms with van der Waals surface area (Å²) in [5, 5.41) is 13.9. The van der Waals surface area contributed by atoms with Crippen molar-refractivity contribution in [3.8, 4) is 0 Å². The lowest BCUT2D eigenvalue weighted by molar-refractivity contribution is -0.138. The topological polar surface area (TPSA) is 75.6 Å². The van der Waals surface area contributed by atoms with Crippen LogP contribution in [0.15, 0.2) is 41.8 Å². The summed E-state index contributed by atoms with van der Waals surface area (Å²) in [6.45, 7) is 0.399. The highest BCUT2D eigenvalue weighted by atomic mass is 32.1. The number of rotatable bonds is 7. The van der Waals surface area contributed by atoms with Gasteiger partial charge in [0.2, 0.25) is 0 Å². The van der Waals surface area contributed by atoms with E-state index in [4.69, 9.17) is 4.74 Å². The Morgan fingerprint density at radius 1 is 1.27 bits per heavy atom. The zero-order valence-electron chi connectivity index (χ0n) is 12.1. The van der Waals surface area contributed by atoms with Crippen LogP contribution in [-0.4, -0.2) is 30.6 Å². The number of hydrogen-bond donors (Lipinski definition) is 2. The molecule has 6 heteroatoms. The highest BCUT2D eigenvalue weighted by Crippen LogP contribution is 2.19. The third kappa shape index (κ3) is 3.93. The minimum Gasteiger partial charge on any atom is -0.481 e. The van der Waals surface area contributed by atoms with Crippen molar-refractivity contribution in [3.05, 3.63) is 57.8 Å². The molecule has 1 aromatic heterocycles. The molecule has 2 aromatic rings. The largest absolute Gasteiger partial charge is 0.481 e. The van der Waals surface area contributed by atoms with E-state index >= 15 is 0 Å². The highest BCUT2D eigenvalue weighted by Gasteiger charge is 2.21. The molecule has 0 aliphatic heterocycles. The molecule has 0 saturated heterocycles. The van der Waals surface area contributed by atoms with E-state index in [1.165, 1.54) is 11.3 Å². The second kappa shape index (κ2) is 7.72. The summed E-state index contributed by atoms with van der Waals surface area (Å²) in [5.74, 6) is -2.00. The minimum atomic E-state index is -0.963. The molecule has 0 fully saturated rings. The van der Waals surface area contributed by atoms with Crippen LogP contribution in [0.5, 0.6) is 0 Å². The molecule has 116 valence electrons. The Labute approximate surface area is 132 Å². The van der Waals surface area contributed by atoms with Gasteiger partial charge in [0.1, 0.15) is 0 Å². The quantitative estimate of drug-likeness (QED) is 0.822.